The van der Waals surface area contributed by atoms with E-state index < -0.39 is 29.1 Å². The van der Waals surface area contributed by atoms with Crippen molar-refractivity contribution in [3.05, 3.63) is 0 Å². The number of nitrogens with one attached hydrogen (secondary N) is 1. The molecule has 8 nitrogen and oxygen atoms in total. The van der Waals surface area contributed by atoms with Crippen LogP contribution in [-0.2, 0) is 23.9 Å². The molecule has 1 N–H and O–H groups in total. The highest BCUT2D eigenvalue weighted by Crippen LogP contribution is 2.33. The molecule has 1 aliphatic rings. The third-order valence-electron chi connectivity index (χ3n) is 3.57. The second kappa shape index (κ2) is 7.43. The quantitative estimate of drug-likeness (QED) is 0.587. The summed E-state index contributed by atoms with van der Waals surface area (Å²) < 4.78 is 9.79. The van der Waals surface area contributed by atoms with Gasteiger partial charge in [0.1, 0.15) is 24.0 Å². The molecule has 0 aliphatic carbocycles. The van der Waals surface area contributed by atoms with Crippen LogP contribution in [-0.4, -0.2) is 60.5 Å². The fraction of sp³-hybridized carbons (Fsp3) is 0.733. The lowest BCUT2D eigenvalue weighted by Gasteiger charge is -2.36. The number of likely N-dealkylation sites (tertiary alicyclic amines) is 1. The van der Waals surface area contributed by atoms with Gasteiger partial charge in [0.25, 0.3) is 0 Å². The van der Waals surface area contributed by atoms with Gasteiger partial charge in [0.15, 0.2) is 0 Å². The highest BCUT2D eigenvalue weighted by molar-refractivity contribution is 5.94. The van der Waals surface area contributed by atoms with Crippen LogP contribution in [0.2, 0.25) is 0 Å². The summed E-state index contributed by atoms with van der Waals surface area (Å²) >= 11 is 0. The van der Waals surface area contributed by atoms with Gasteiger partial charge >= 0.3 is 12.1 Å². The maximum absolute atomic E-state index is 12.5. The predicted octanol–water partition coefficient (Wildman–Crippen LogP) is 0.634. The Kier molecular flexibility index (Phi) is 6.12. The number of esters is 1. The fourth-order valence-electron chi connectivity index (χ4n) is 2.53. The predicted molar refractivity (Wildman–Crippen MR) is 80.6 cm³/mol. The van der Waals surface area contributed by atoms with E-state index in [1.165, 1.54) is 12.0 Å². The number of hydrogen-bond acceptors (Lipinski definition) is 6. The van der Waals surface area contributed by atoms with Crippen LogP contribution in [0.3, 0.4) is 0 Å². The van der Waals surface area contributed by atoms with Crippen molar-refractivity contribution in [3.8, 4) is 0 Å². The van der Waals surface area contributed by atoms with Crippen LogP contribution in [0.5, 0.6) is 0 Å². The number of amides is 2. The molecule has 2 amide bonds. The molecule has 1 fully saturated rings. The van der Waals surface area contributed by atoms with Crippen molar-refractivity contribution < 1.29 is 28.7 Å². The Hall–Kier alpha value is -2.12. The molecule has 1 aliphatic heterocycles. The summed E-state index contributed by atoms with van der Waals surface area (Å²) in [6, 6.07) is 0. The summed E-state index contributed by atoms with van der Waals surface area (Å²) in [5.41, 5.74) is -2.03. The van der Waals surface area contributed by atoms with Crippen molar-refractivity contribution in [2.45, 2.75) is 51.2 Å². The lowest BCUT2D eigenvalue weighted by Crippen LogP contribution is -2.59. The molecule has 1 saturated heterocycles. The highest BCUT2D eigenvalue weighted by atomic mass is 16.6. The smallest absolute Gasteiger partial charge is 0.411 e. The zero-order chi connectivity index (χ0) is 17.7. The summed E-state index contributed by atoms with van der Waals surface area (Å²) in [7, 11) is 1.21. The maximum atomic E-state index is 12.5. The lowest BCUT2D eigenvalue weighted by atomic mass is 9.91. The third kappa shape index (κ3) is 4.67. The molecule has 1 rings (SSSR count). The van der Waals surface area contributed by atoms with Crippen LogP contribution >= 0.6 is 0 Å². The van der Waals surface area contributed by atoms with Gasteiger partial charge < -0.3 is 19.6 Å². The number of hydrogen-bond donors (Lipinski definition) is 1. The molecule has 0 aromatic rings. The summed E-state index contributed by atoms with van der Waals surface area (Å²) in [6.45, 7) is 5.16. The average Bonchev–Trinajstić information content (AvgIpc) is 2.88. The molecule has 0 unspecified atom stereocenters. The van der Waals surface area contributed by atoms with E-state index in [0.717, 1.165) is 0 Å². The zero-order valence-electron chi connectivity index (χ0n) is 14.0. The molecule has 8 heteroatoms. The second-order valence-electron chi connectivity index (χ2n) is 6.40. The van der Waals surface area contributed by atoms with E-state index in [1.807, 2.05) is 0 Å². The minimum atomic E-state index is -1.32. The average molecular weight is 328 g/mol. The zero-order valence-corrected chi connectivity index (χ0v) is 14.0. The summed E-state index contributed by atoms with van der Waals surface area (Å²) in [6.07, 6.45) is 0.696. The van der Waals surface area contributed by atoms with Crippen molar-refractivity contribution >= 4 is 24.3 Å². The number of rotatable bonds is 5. The van der Waals surface area contributed by atoms with Crippen LogP contribution in [0.1, 0.15) is 40.0 Å². The Bertz CT molecular complexity index is 485. The third-order valence-corrected chi connectivity index (χ3v) is 3.57. The Morgan fingerprint density at radius 3 is 2.48 bits per heavy atom. The minimum absolute atomic E-state index is 0.154. The lowest BCUT2D eigenvalue weighted by molar-refractivity contribution is -0.143. The molecule has 130 valence electrons. The van der Waals surface area contributed by atoms with E-state index in [4.69, 9.17) is 4.74 Å². The van der Waals surface area contributed by atoms with E-state index in [0.29, 0.717) is 25.7 Å². The Morgan fingerprint density at radius 1 is 1.30 bits per heavy atom. The number of carbonyl (C=O) groups excluding carboxylic acids is 4. The van der Waals surface area contributed by atoms with E-state index in [9.17, 15) is 19.2 Å². The van der Waals surface area contributed by atoms with Crippen LogP contribution < -0.4 is 5.32 Å². The normalized spacial score (nSPS) is 20.8. The molecule has 0 saturated carbocycles. The van der Waals surface area contributed by atoms with Gasteiger partial charge in [-0.15, -0.1) is 0 Å². The Labute approximate surface area is 135 Å². The van der Waals surface area contributed by atoms with Crippen molar-refractivity contribution in [1.29, 1.82) is 0 Å². The van der Waals surface area contributed by atoms with Gasteiger partial charge in [0.2, 0.25) is 5.91 Å². The minimum Gasteiger partial charge on any atom is -0.468 e. The van der Waals surface area contributed by atoms with Crippen LogP contribution in [0.25, 0.3) is 0 Å². The molecular formula is C15H24N2O6. The monoisotopic (exact) mass is 328 g/mol. The second-order valence-corrected chi connectivity index (χ2v) is 6.40. The van der Waals surface area contributed by atoms with Crippen LogP contribution in [0.15, 0.2) is 0 Å². The summed E-state index contributed by atoms with van der Waals surface area (Å²) in [5.74, 6) is -1.17. The fourth-order valence-corrected chi connectivity index (χ4v) is 2.53. The Morgan fingerprint density at radius 2 is 1.96 bits per heavy atom. The maximum Gasteiger partial charge on any atom is 0.411 e. The van der Waals surface area contributed by atoms with Crippen molar-refractivity contribution in [2.75, 3.05) is 20.2 Å². The first-order chi connectivity index (χ1) is 10.7. The van der Waals surface area contributed by atoms with Gasteiger partial charge in [0, 0.05) is 13.0 Å². The van der Waals surface area contributed by atoms with Crippen LogP contribution in [0.4, 0.5) is 4.79 Å². The molecule has 0 radical (unpaired) electrons. The first-order valence-corrected chi connectivity index (χ1v) is 7.45. The SMILES string of the molecule is COC(=O)CNC(=O)[C@]1(CC=O)CCCN1C(=O)OC(C)(C)C. The van der Waals surface area contributed by atoms with Gasteiger partial charge in [-0.3, -0.25) is 14.5 Å². The van der Waals surface area contributed by atoms with E-state index in [1.54, 1.807) is 20.8 Å². The molecule has 0 aromatic heterocycles. The molecular weight excluding hydrogens is 304 g/mol. The first-order valence-electron chi connectivity index (χ1n) is 7.45. The van der Waals surface area contributed by atoms with Crippen molar-refractivity contribution in [2.24, 2.45) is 0 Å². The number of carbonyl (C=O) groups is 4. The molecule has 23 heavy (non-hydrogen) atoms. The highest BCUT2D eigenvalue weighted by Gasteiger charge is 2.50. The van der Waals surface area contributed by atoms with Crippen molar-refractivity contribution in [3.63, 3.8) is 0 Å². The van der Waals surface area contributed by atoms with Crippen molar-refractivity contribution in [1.82, 2.24) is 10.2 Å². The molecule has 0 bridgehead atoms. The molecule has 1 atom stereocenters. The summed E-state index contributed by atoms with van der Waals surface area (Å²) in [5, 5.41) is 2.43. The standard InChI is InChI=1S/C15H24N2O6/c1-14(2,3)23-13(21)17-8-5-6-15(17,7-9-18)12(20)16-10-11(19)22-4/h9H,5-8,10H2,1-4H3,(H,16,20)/t15-/m1/s1. The largest absolute Gasteiger partial charge is 0.468 e. The van der Waals surface area contributed by atoms with E-state index >= 15 is 0 Å². The van der Waals surface area contributed by atoms with Gasteiger partial charge in [-0.05, 0) is 33.6 Å². The Balaban J connectivity index is 2.96. The van der Waals surface area contributed by atoms with Gasteiger partial charge in [-0.25, -0.2) is 4.79 Å². The van der Waals surface area contributed by atoms with Gasteiger partial charge in [-0.2, -0.15) is 0 Å². The summed E-state index contributed by atoms with van der Waals surface area (Å²) in [4.78, 5) is 48.4. The number of methoxy groups -OCH3 is 1. The number of aldehydes is 1. The topological polar surface area (TPSA) is 102 Å². The van der Waals surface area contributed by atoms with E-state index in [-0.39, 0.29) is 13.0 Å². The first kappa shape index (κ1) is 18.9. The molecule has 0 spiro atoms. The van der Waals surface area contributed by atoms with E-state index in [2.05, 4.69) is 10.1 Å². The van der Waals surface area contributed by atoms with Gasteiger partial charge in [-0.1, -0.05) is 0 Å². The van der Waals surface area contributed by atoms with Gasteiger partial charge in [0.05, 0.1) is 7.11 Å². The van der Waals surface area contributed by atoms with Crippen LogP contribution in [0, 0.1) is 0 Å². The number of nitrogens with zero attached hydrogens (tertiary/aromatic N) is 1. The number of ether oxygens (including phenoxy) is 2. The molecule has 0 aromatic carbocycles. The molecule has 1 heterocycles.